The number of halogens is 1. The second-order valence-electron chi connectivity index (χ2n) is 2.64. The lowest BCUT2D eigenvalue weighted by Crippen LogP contribution is -2.32. The second kappa shape index (κ2) is 4.20. The van der Waals surface area contributed by atoms with Gasteiger partial charge in [-0.3, -0.25) is 4.79 Å². The van der Waals surface area contributed by atoms with Gasteiger partial charge in [0.05, 0.1) is 0 Å². The molecule has 4 nitrogen and oxygen atoms in total. The van der Waals surface area contributed by atoms with Gasteiger partial charge in [-0.25, -0.2) is 4.98 Å². The molecule has 13 heavy (non-hydrogen) atoms. The molecule has 0 bridgehead atoms. The van der Waals surface area contributed by atoms with Crippen molar-refractivity contribution in [3.63, 3.8) is 0 Å². The predicted molar refractivity (Wildman–Crippen MR) is 48.6 cm³/mol. The molecule has 0 fully saturated rings. The molecule has 0 aliphatic heterocycles. The fourth-order valence-corrected chi connectivity index (χ4v) is 1.11. The third kappa shape index (κ3) is 3.01. The van der Waals surface area contributed by atoms with Crippen molar-refractivity contribution in [2.75, 3.05) is 0 Å². The molecule has 0 saturated heterocycles. The molecule has 0 saturated carbocycles. The molecule has 1 aromatic rings. The van der Waals surface area contributed by atoms with E-state index in [1.54, 1.807) is 12.1 Å². The Morgan fingerprint density at radius 3 is 3.00 bits per heavy atom. The van der Waals surface area contributed by atoms with Gasteiger partial charge in [0.1, 0.15) is 11.2 Å². The van der Waals surface area contributed by atoms with Crippen molar-refractivity contribution in [3.8, 4) is 0 Å². The van der Waals surface area contributed by atoms with Gasteiger partial charge < -0.3 is 10.8 Å². The van der Waals surface area contributed by atoms with E-state index in [1.165, 1.54) is 6.20 Å². The zero-order valence-electron chi connectivity index (χ0n) is 6.77. The molecule has 0 unspecified atom stereocenters. The van der Waals surface area contributed by atoms with Gasteiger partial charge in [0.25, 0.3) is 0 Å². The van der Waals surface area contributed by atoms with Crippen LogP contribution in [0.2, 0.25) is 5.15 Å². The molecule has 1 rings (SSSR count). The Kier molecular flexibility index (Phi) is 3.22. The van der Waals surface area contributed by atoms with Crippen LogP contribution >= 0.6 is 11.6 Å². The first-order valence-corrected chi connectivity index (χ1v) is 4.06. The van der Waals surface area contributed by atoms with Crippen molar-refractivity contribution in [1.29, 1.82) is 0 Å². The van der Waals surface area contributed by atoms with E-state index < -0.39 is 12.0 Å². The van der Waals surface area contributed by atoms with Crippen molar-refractivity contribution in [2.45, 2.75) is 12.5 Å². The Labute approximate surface area is 80.3 Å². The summed E-state index contributed by atoms with van der Waals surface area (Å²) in [5.74, 6) is -1.02. The molecule has 0 aliphatic carbocycles. The van der Waals surface area contributed by atoms with Crippen LogP contribution in [0.5, 0.6) is 0 Å². The third-order valence-corrected chi connectivity index (χ3v) is 1.77. The monoisotopic (exact) mass is 200 g/mol. The van der Waals surface area contributed by atoms with Gasteiger partial charge in [-0.1, -0.05) is 11.6 Å². The van der Waals surface area contributed by atoms with E-state index in [1.807, 2.05) is 0 Å². The van der Waals surface area contributed by atoms with Crippen LogP contribution in [0, 0.1) is 0 Å². The van der Waals surface area contributed by atoms with E-state index in [4.69, 9.17) is 22.4 Å². The SMILES string of the molecule is N[C@H](Cc1ccnc(Cl)c1)C(=O)O. The van der Waals surface area contributed by atoms with Gasteiger partial charge in [0, 0.05) is 6.20 Å². The molecule has 70 valence electrons. The number of carbonyl (C=O) groups is 1. The summed E-state index contributed by atoms with van der Waals surface area (Å²) in [5.41, 5.74) is 6.11. The lowest BCUT2D eigenvalue weighted by atomic mass is 10.1. The maximum Gasteiger partial charge on any atom is 0.320 e. The van der Waals surface area contributed by atoms with Crippen molar-refractivity contribution >= 4 is 17.6 Å². The summed E-state index contributed by atoms with van der Waals surface area (Å²) in [4.78, 5) is 14.2. The van der Waals surface area contributed by atoms with E-state index >= 15 is 0 Å². The van der Waals surface area contributed by atoms with Crippen LogP contribution in [0.1, 0.15) is 5.56 Å². The Morgan fingerprint density at radius 1 is 1.77 bits per heavy atom. The van der Waals surface area contributed by atoms with E-state index in [9.17, 15) is 4.79 Å². The van der Waals surface area contributed by atoms with Crippen LogP contribution in [0.3, 0.4) is 0 Å². The van der Waals surface area contributed by atoms with E-state index in [-0.39, 0.29) is 6.42 Å². The Morgan fingerprint density at radius 2 is 2.46 bits per heavy atom. The van der Waals surface area contributed by atoms with Crippen molar-refractivity contribution in [1.82, 2.24) is 4.98 Å². The number of nitrogens with two attached hydrogens (primary N) is 1. The third-order valence-electron chi connectivity index (χ3n) is 1.56. The molecule has 0 aliphatic rings. The normalized spacial score (nSPS) is 12.5. The van der Waals surface area contributed by atoms with Crippen LogP contribution in [-0.2, 0) is 11.2 Å². The number of pyridine rings is 1. The van der Waals surface area contributed by atoms with Gasteiger partial charge in [-0.15, -0.1) is 0 Å². The first kappa shape index (κ1) is 9.95. The number of carboxylic acid groups (broad SMARTS) is 1. The average molecular weight is 201 g/mol. The molecule has 0 amide bonds. The van der Waals surface area contributed by atoms with Crippen LogP contribution in [0.25, 0.3) is 0 Å². The summed E-state index contributed by atoms with van der Waals surface area (Å²) < 4.78 is 0. The topological polar surface area (TPSA) is 76.2 Å². The summed E-state index contributed by atoms with van der Waals surface area (Å²) in [5, 5.41) is 8.88. The molecule has 0 aromatic carbocycles. The minimum absolute atomic E-state index is 0.261. The van der Waals surface area contributed by atoms with Crippen LogP contribution in [0.15, 0.2) is 18.3 Å². The number of carboxylic acids is 1. The maximum absolute atomic E-state index is 10.4. The van der Waals surface area contributed by atoms with Crippen molar-refractivity contribution in [3.05, 3.63) is 29.0 Å². The fraction of sp³-hybridized carbons (Fsp3) is 0.250. The molecule has 1 aromatic heterocycles. The number of hydrogen-bond donors (Lipinski definition) is 2. The van der Waals surface area contributed by atoms with E-state index in [0.717, 1.165) is 5.56 Å². The zero-order valence-corrected chi connectivity index (χ0v) is 7.53. The van der Waals surface area contributed by atoms with Gasteiger partial charge in [0.15, 0.2) is 0 Å². The largest absolute Gasteiger partial charge is 0.480 e. The predicted octanol–water partition coefficient (Wildman–Crippen LogP) is 0.689. The minimum atomic E-state index is -1.02. The highest BCUT2D eigenvalue weighted by Crippen LogP contribution is 2.08. The molecule has 1 heterocycles. The van der Waals surface area contributed by atoms with Crippen LogP contribution in [-0.4, -0.2) is 22.1 Å². The molecule has 0 spiro atoms. The first-order chi connectivity index (χ1) is 6.09. The van der Waals surface area contributed by atoms with Crippen LogP contribution in [0.4, 0.5) is 0 Å². The molecule has 1 atom stereocenters. The highest BCUT2D eigenvalue weighted by molar-refractivity contribution is 6.29. The summed E-state index contributed by atoms with van der Waals surface area (Å²) in [6.45, 7) is 0. The standard InChI is InChI=1S/C8H9ClN2O2/c9-7-4-5(1-2-11-7)3-6(10)8(12)13/h1-2,4,6H,3,10H2,(H,12,13)/t6-/m1/s1. The summed E-state index contributed by atoms with van der Waals surface area (Å²) >= 11 is 5.61. The number of aromatic nitrogens is 1. The Balaban J connectivity index is 2.69. The van der Waals surface area contributed by atoms with E-state index in [0.29, 0.717) is 5.15 Å². The molecular formula is C8H9ClN2O2. The minimum Gasteiger partial charge on any atom is -0.480 e. The Bertz CT molecular complexity index is 317. The quantitative estimate of drug-likeness (QED) is 0.704. The van der Waals surface area contributed by atoms with Gasteiger partial charge in [-0.2, -0.15) is 0 Å². The van der Waals surface area contributed by atoms with Crippen LogP contribution < -0.4 is 5.73 Å². The number of rotatable bonds is 3. The summed E-state index contributed by atoms with van der Waals surface area (Å²) in [6, 6.07) is 2.40. The fourth-order valence-electron chi connectivity index (χ4n) is 0.911. The van der Waals surface area contributed by atoms with Crippen molar-refractivity contribution < 1.29 is 9.90 Å². The lowest BCUT2D eigenvalue weighted by Gasteiger charge is -2.05. The smallest absolute Gasteiger partial charge is 0.320 e. The summed E-state index contributed by atoms with van der Waals surface area (Å²) in [7, 11) is 0. The molecule has 3 N–H and O–H groups in total. The molecule has 0 radical (unpaired) electrons. The lowest BCUT2D eigenvalue weighted by molar-refractivity contribution is -0.138. The van der Waals surface area contributed by atoms with Gasteiger partial charge >= 0.3 is 5.97 Å². The number of hydrogen-bond acceptors (Lipinski definition) is 3. The average Bonchev–Trinajstić information content (AvgIpc) is 2.04. The van der Waals surface area contributed by atoms with Crippen molar-refractivity contribution in [2.24, 2.45) is 5.73 Å². The van der Waals surface area contributed by atoms with Gasteiger partial charge in [0.2, 0.25) is 0 Å². The second-order valence-corrected chi connectivity index (χ2v) is 3.02. The Hall–Kier alpha value is -1.13. The zero-order chi connectivity index (χ0) is 9.84. The summed E-state index contributed by atoms with van der Waals surface area (Å²) in [6.07, 6.45) is 1.78. The highest BCUT2D eigenvalue weighted by atomic mass is 35.5. The first-order valence-electron chi connectivity index (χ1n) is 3.68. The number of aliphatic carboxylic acids is 1. The maximum atomic E-state index is 10.4. The van der Waals surface area contributed by atoms with E-state index in [2.05, 4.69) is 4.98 Å². The number of nitrogens with zero attached hydrogens (tertiary/aromatic N) is 1. The molecular weight excluding hydrogens is 192 g/mol. The highest BCUT2D eigenvalue weighted by Gasteiger charge is 2.11. The molecule has 5 heteroatoms. The van der Waals surface area contributed by atoms with Gasteiger partial charge in [-0.05, 0) is 24.1 Å².